The van der Waals surface area contributed by atoms with Crippen molar-refractivity contribution in [3.05, 3.63) is 0 Å². The maximum absolute atomic E-state index is 12.2. The van der Waals surface area contributed by atoms with Crippen molar-refractivity contribution in [2.24, 2.45) is 0 Å². The number of aliphatic hydroxyl groups is 1. The SMILES string of the molecule is CCN(CC(C)(C)O)C(=O)C(=O)N1CCCNCC1. The molecule has 2 amide bonds. The topological polar surface area (TPSA) is 72.9 Å². The largest absolute Gasteiger partial charge is 0.389 e. The summed E-state index contributed by atoms with van der Waals surface area (Å²) >= 11 is 0. The van der Waals surface area contributed by atoms with E-state index in [9.17, 15) is 14.7 Å². The minimum Gasteiger partial charge on any atom is -0.389 e. The van der Waals surface area contributed by atoms with Gasteiger partial charge in [-0.3, -0.25) is 9.59 Å². The number of hydrogen-bond acceptors (Lipinski definition) is 4. The summed E-state index contributed by atoms with van der Waals surface area (Å²) in [6.07, 6.45) is 0.858. The molecule has 0 aromatic carbocycles. The molecule has 1 aliphatic rings. The Morgan fingerprint density at radius 1 is 1.32 bits per heavy atom. The van der Waals surface area contributed by atoms with Crippen molar-refractivity contribution >= 4 is 11.8 Å². The number of rotatable bonds is 3. The lowest BCUT2D eigenvalue weighted by Gasteiger charge is -2.29. The zero-order valence-electron chi connectivity index (χ0n) is 12.1. The van der Waals surface area contributed by atoms with Crippen LogP contribution in [0.4, 0.5) is 0 Å². The molecule has 1 fully saturated rings. The number of hydrogen-bond donors (Lipinski definition) is 2. The molecule has 0 aromatic rings. The summed E-state index contributed by atoms with van der Waals surface area (Å²) in [6.45, 7) is 8.41. The molecule has 1 aliphatic heterocycles. The first-order valence-corrected chi connectivity index (χ1v) is 6.86. The van der Waals surface area contributed by atoms with E-state index in [4.69, 9.17) is 0 Å². The minimum absolute atomic E-state index is 0.167. The van der Waals surface area contributed by atoms with Crippen molar-refractivity contribution in [1.82, 2.24) is 15.1 Å². The highest BCUT2D eigenvalue weighted by molar-refractivity contribution is 6.34. The maximum atomic E-state index is 12.2. The van der Waals surface area contributed by atoms with Crippen LogP contribution in [0.5, 0.6) is 0 Å². The van der Waals surface area contributed by atoms with Gasteiger partial charge in [0.2, 0.25) is 0 Å². The van der Waals surface area contributed by atoms with Crippen LogP contribution in [0, 0.1) is 0 Å². The molecule has 0 radical (unpaired) electrons. The van der Waals surface area contributed by atoms with Gasteiger partial charge in [-0.1, -0.05) is 0 Å². The van der Waals surface area contributed by atoms with E-state index in [2.05, 4.69) is 5.32 Å². The molecule has 6 heteroatoms. The minimum atomic E-state index is -0.994. The average molecular weight is 271 g/mol. The molecular formula is C13H25N3O3. The summed E-state index contributed by atoms with van der Waals surface area (Å²) < 4.78 is 0. The van der Waals surface area contributed by atoms with Gasteiger partial charge in [0, 0.05) is 32.7 Å². The molecule has 19 heavy (non-hydrogen) atoms. The molecular weight excluding hydrogens is 246 g/mol. The van der Waals surface area contributed by atoms with E-state index in [-0.39, 0.29) is 6.54 Å². The van der Waals surface area contributed by atoms with Gasteiger partial charge in [0.1, 0.15) is 0 Å². The van der Waals surface area contributed by atoms with Crippen LogP contribution >= 0.6 is 0 Å². The van der Waals surface area contributed by atoms with E-state index < -0.39 is 17.4 Å². The van der Waals surface area contributed by atoms with Gasteiger partial charge < -0.3 is 20.2 Å². The Balaban J connectivity index is 2.65. The van der Waals surface area contributed by atoms with Crippen LogP contribution in [0.2, 0.25) is 0 Å². The summed E-state index contributed by atoms with van der Waals surface area (Å²) in [5.74, 6) is -0.985. The first-order chi connectivity index (χ1) is 8.85. The Bertz CT molecular complexity index is 318. The summed E-state index contributed by atoms with van der Waals surface area (Å²) in [7, 11) is 0. The number of nitrogens with zero attached hydrogens (tertiary/aromatic N) is 2. The second kappa shape index (κ2) is 6.86. The van der Waals surface area contributed by atoms with Crippen molar-refractivity contribution in [2.75, 3.05) is 39.3 Å². The van der Waals surface area contributed by atoms with Gasteiger partial charge in [0.05, 0.1) is 5.60 Å². The molecule has 0 aromatic heterocycles. The molecule has 0 unspecified atom stereocenters. The van der Waals surface area contributed by atoms with E-state index >= 15 is 0 Å². The Kier molecular flexibility index (Phi) is 5.75. The molecule has 2 N–H and O–H groups in total. The lowest BCUT2D eigenvalue weighted by molar-refractivity contribution is -0.153. The second-order valence-electron chi connectivity index (χ2n) is 5.53. The van der Waals surface area contributed by atoms with Crippen LogP contribution < -0.4 is 5.32 Å². The zero-order chi connectivity index (χ0) is 14.5. The second-order valence-corrected chi connectivity index (χ2v) is 5.53. The number of carbonyl (C=O) groups excluding carboxylic acids is 2. The fourth-order valence-corrected chi connectivity index (χ4v) is 2.11. The van der Waals surface area contributed by atoms with Gasteiger partial charge in [-0.2, -0.15) is 0 Å². The maximum Gasteiger partial charge on any atom is 0.312 e. The van der Waals surface area contributed by atoms with Gasteiger partial charge >= 0.3 is 11.8 Å². The summed E-state index contributed by atoms with van der Waals surface area (Å²) in [5.41, 5.74) is -0.994. The summed E-state index contributed by atoms with van der Waals surface area (Å²) in [6, 6.07) is 0. The molecule has 0 bridgehead atoms. The number of likely N-dealkylation sites (N-methyl/N-ethyl adjacent to an activating group) is 1. The highest BCUT2D eigenvalue weighted by Crippen LogP contribution is 2.07. The Labute approximate surface area is 114 Å². The standard InChI is InChI=1S/C13H25N3O3/c1-4-15(10-13(2,3)19)11(17)12(18)16-8-5-6-14-7-9-16/h14,19H,4-10H2,1-3H3. The number of amides is 2. The normalized spacial score (nSPS) is 16.9. The highest BCUT2D eigenvalue weighted by atomic mass is 16.3. The number of carbonyl (C=O) groups is 2. The molecule has 0 spiro atoms. The van der Waals surface area contributed by atoms with Gasteiger partial charge in [-0.25, -0.2) is 0 Å². The van der Waals surface area contributed by atoms with Crippen LogP contribution in [0.1, 0.15) is 27.2 Å². The summed E-state index contributed by atoms with van der Waals surface area (Å²) in [5, 5.41) is 13.0. The van der Waals surface area contributed by atoms with Crippen molar-refractivity contribution < 1.29 is 14.7 Å². The van der Waals surface area contributed by atoms with Gasteiger partial charge in [-0.15, -0.1) is 0 Å². The first kappa shape index (κ1) is 15.9. The third-order valence-electron chi connectivity index (χ3n) is 3.06. The van der Waals surface area contributed by atoms with Crippen molar-refractivity contribution in [3.63, 3.8) is 0 Å². The zero-order valence-corrected chi connectivity index (χ0v) is 12.1. The van der Waals surface area contributed by atoms with Crippen LogP contribution in [-0.2, 0) is 9.59 Å². The molecule has 0 aliphatic carbocycles. The lowest BCUT2D eigenvalue weighted by Crippen LogP contribution is -2.50. The predicted molar refractivity (Wildman–Crippen MR) is 72.6 cm³/mol. The predicted octanol–water partition coefficient (Wildman–Crippen LogP) is -0.572. The van der Waals surface area contributed by atoms with Crippen LogP contribution in [0.15, 0.2) is 0 Å². The molecule has 0 saturated carbocycles. The van der Waals surface area contributed by atoms with E-state index in [1.165, 1.54) is 4.90 Å². The van der Waals surface area contributed by atoms with Crippen molar-refractivity contribution in [2.45, 2.75) is 32.8 Å². The molecule has 1 rings (SSSR count). The average Bonchev–Trinajstić information content (AvgIpc) is 2.61. The molecule has 6 nitrogen and oxygen atoms in total. The quantitative estimate of drug-likeness (QED) is 0.674. The van der Waals surface area contributed by atoms with Crippen LogP contribution in [-0.4, -0.2) is 71.6 Å². The van der Waals surface area contributed by atoms with E-state index in [0.29, 0.717) is 19.6 Å². The molecule has 1 heterocycles. The van der Waals surface area contributed by atoms with Gasteiger partial charge in [-0.05, 0) is 33.7 Å². The molecule has 0 atom stereocenters. The lowest BCUT2D eigenvalue weighted by atomic mass is 10.1. The Hall–Kier alpha value is -1.14. The fraction of sp³-hybridized carbons (Fsp3) is 0.846. The van der Waals surface area contributed by atoms with Crippen molar-refractivity contribution in [1.29, 1.82) is 0 Å². The van der Waals surface area contributed by atoms with Crippen molar-refractivity contribution in [3.8, 4) is 0 Å². The summed E-state index contributed by atoms with van der Waals surface area (Å²) in [4.78, 5) is 27.3. The van der Waals surface area contributed by atoms with E-state index in [1.807, 2.05) is 0 Å². The monoisotopic (exact) mass is 271 g/mol. The van der Waals surface area contributed by atoms with Crippen LogP contribution in [0.25, 0.3) is 0 Å². The number of nitrogens with one attached hydrogen (secondary N) is 1. The van der Waals surface area contributed by atoms with E-state index in [1.54, 1.807) is 25.7 Å². The third kappa shape index (κ3) is 5.16. The molecule has 110 valence electrons. The van der Waals surface area contributed by atoms with Crippen LogP contribution in [0.3, 0.4) is 0 Å². The van der Waals surface area contributed by atoms with Gasteiger partial charge in [0.25, 0.3) is 0 Å². The first-order valence-electron chi connectivity index (χ1n) is 6.86. The smallest absolute Gasteiger partial charge is 0.312 e. The fourth-order valence-electron chi connectivity index (χ4n) is 2.11. The highest BCUT2D eigenvalue weighted by Gasteiger charge is 2.29. The molecule has 1 saturated heterocycles. The Morgan fingerprint density at radius 2 is 2.00 bits per heavy atom. The van der Waals surface area contributed by atoms with Gasteiger partial charge in [0.15, 0.2) is 0 Å². The Morgan fingerprint density at radius 3 is 2.58 bits per heavy atom. The third-order valence-corrected chi connectivity index (χ3v) is 3.06. The van der Waals surface area contributed by atoms with E-state index in [0.717, 1.165) is 19.5 Å².